The number of hydrogen-bond donors (Lipinski definition) is 2. The number of amides is 2. The molecule has 0 aromatic carbocycles. The van der Waals surface area contributed by atoms with Gasteiger partial charge in [0.25, 0.3) is 0 Å². The highest BCUT2D eigenvalue weighted by Gasteiger charge is 2.29. The fraction of sp³-hybridized carbons (Fsp3) is 0.867. The number of nitrogens with two attached hydrogens (primary N) is 1. The summed E-state index contributed by atoms with van der Waals surface area (Å²) in [6.45, 7) is 3.30. The molecule has 114 valence electrons. The Labute approximate surface area is 121 Å². The van der Waals surface area contributed by atoms with Gasteiger partial charge in [-0.1, -0.05) is 26.2 Å². The lowest BCUT2D eigenvalue weighted by Gasteiger charge is -2.34. The van der Waals surface area contributed by atoms with Crippen LogP contribution in [0.3, 0.4) is 0 Å². The molecule has 1 aliphatic carbocycles. The van der Waals surface area contributed by atoms with E-state index < -0.39 is 0 Å². The number of primary amides is 1. The zero-order valence-electron chi connectivity index (χ0n) is 12.4. The Morgan fingerprint density at radius 2 is 1.85 bits per heavy atom. The molecule has 1 saturated heterocycles. The Morgan fingerprint density at radius 3 is 2.55 bits per heavy atom. The summed E-state index contributed by atoms with van der Waals surface area (Å²) in [7, 11) is 0. The van der Waals surface area contributed by atoms with Gasteiger partial charge in [0.2, 0.25) is 11.8 Å². The monoisotopic (exact) mass is 281 g/mol. The number of rotatable bonds is 4. The second-order valence-corrected chi connectivity index (χ2v) is 6.32. The number of carbonyl (C=O) groups excluding carboxylic acids is 2. The summed E-state index contributed by atoms with van der Waals surface area (Å²) < 4.78 is 0. The van der Waals surface area contributed by atoms with Crippen LogP contribution in [0.5, 0.6) is 0 Å². The Kier molecular flexibility index (Phi) is 5.40. The Morgan fingerprint density at radius 1 is 1.15 bits per heavy atom. The molecule has 2 amide bonds. The minimum absolute atomic E-state index is 0.0388. The van der Waals surface area contributed by atoms with Gasteiger partial charge in [0, 0.05) is 6.04 Å². The van der Waals surface area contributed by atoms with Crippen molar-refractivity contribution in [2.45, 2.75) is 64.0 Å². The molecule has 0 spiro atoms. The van der Waals surface area contributed by atoms with Crippen molar-refractivity contribution in [3.05, 3.63) is 0 Å². The fourth-order valence-corrected chi connectivity index (χ4v) is 3.47. The molecule has 3 N–H and O–H groups in total. The molecule has 2 rings (SSSR count). The van der Waals surface area contributed by atoms with E-state index in [0.29, 0.717) is 18.5 Å². The predicted molar refractivity (Wildman–Crippen MR) is 78.0 cm³/mol. The number of hydrogen-bond acceptors (Lipinski definition) is 3. The molecule has 2 fully saturated rings. The zero-order chi connectivity index (χ0) is 14.5. The Bertz CT molecular complexity index is 359. The highest BCUT2D eigenvalue weighted by atomic mass is 16.2. The predicted octanol–water partition coefficient (Wildman–Crippen LogP) is 1.02. The van der Waals surface area contributed by atoms with Crippen LogP contribution in [0.1, 0.15) is 51.9 Å². The molecule has 0 radical (unpaired) electrons. The number of nitrogens with zero attached hydrogens (tertiary/aromatic N) is 1. The largest absolute Gasteiger partial charge is 0.368 e. The van der Waals surface area contributed by atoms with Crippen molar-refractivity contribution in [3.63, 3.8) is 0 Å². The number of carbonyl (C=O) groups is 2. The molecule has 1 heterocycles. The van der Waals surface area contributed by atoms with Crippen LogP contribution < -0.4 is 11.1 Å². The molecule has 5 nitrogen and oxygen atoms in total. The Hall–Kier alpha value is -1.10. The minimum Gasteiger partial charge on any atom is -0.368 e. The van der Waals surface area contributed by atoms with Gasteiger partial charge in [-0.3, -0.25) is 14.5 Å². The first-order valence-electron chi connectivity index (χ1n) is 7.90. The van der Waals surface area contributed by atoms with E-state index in [1.807, 2.05) is 4.90 Å². The zero-order valence-corrected chi connectivity index (χ0v) is 12.4. The van der Waals surface area contributed by atoms with Crippen LogP contribution in [0.4, 0.5) is 0 Å². The van der Waals surface area contributed by atoms with Crippen LogP contribution in [-0.4, -0.2) is 41.9 Å². The molecule has 1 saturated carbocycles. The van der Waals surface area contributed by atoms with Gasteiger partial charge in [0.05, 0.1) is 12.6 Å². The molecule has 5 heteroatoms. The van der Waals surface area contributed by atoms with Crippen molar-refractivity contribution in [2.75, 3.05) is 13.1 Å². The topological polar surface area (TPSA) is 75.4 Å². The summed E-state index contributed by atoms with van der Waals surface area (Å²) in [5.74, 6) is 0.293. The average Bonchev–Trinajstić information content (AvgIpc) is 2.41. The van der Waals surface area contributed by atoms with E-state index >= 15 is 0 Å². The van der Waals surface area contributed by atoms with Gasteiger partial charge in [-0.25, -0.2) is 0 Å². The fourth-order valence-electron chi connectivity index (χ4n) is 3.47. The molecule has 1 aliphatic heterocycles. The number of piperidine rings is 1. The number of likely N-dealkylation sites (tertiary alicyclic amines) is 1. The second kappa shape index (κ2) is 7.07. The van der Waals surface area contributed by atoms with Gasteiger partial charge >= 0.3 is 0 Å². The normalized spacial score (nSPS) is 31.8. The van der Waals surface area contributed by atoms with Gasteiger partial charge in [-0.2, -0.15) is 0 Å². The van der Waals surface area contributed by atoms with Crippen LogP contribution in [0.15, 0.2) is 0 Å². The van der Waals surface area contributed by atoms with E-state index in [-0.39, 0.29) is 17.9 Å². The van der Waals surface area contributed by atoms with Crippen molar-refractivity contribution < 1.29 is 9.59 Å². The molecule has 2 aliphatic rings. The van der Waals surface area contributed by atoms with Gasteiger partial charge in [0.1, 0.15) is 0 Å². The molecule has 20 heavy (non-hydrogen) atoms. The molecule has 0 aromatic heterocycles. The van der Waals surface area contributed by atoms with Gasteiger partial charge < -0.3 is 11.1 Å². The maximum atomic E-state index is 12.2. The molecule has 0 unspecified atom stereocenters. The standard InChI is InChI=1S/C15H27N3O2/c1-11-6-2-3-7-12(11)17-14(19)10-18-9-5-4-8-13(18)15(16)20/h11-13H,2-10H2,1H3,(H2,16,20)(H,17,19)/t11-,12-,13-/m1/s1. The van der Waals surface area contributed by atoms with Crippen molar-refractivity contribution in [3.8, 4) is 0 Å². The van der Waals surface area contributed by atoms with Gasteiger partial charge in [-0.15, -0.1) is 0 Å². The molecule has 0 bridgehead atoms. The lowest BCUT2D eigenvalue weighted by Crippen LogP contribution is -2.52. The first-order valence-corrected chi connectivity index (χ1v) is 7.90. The molecule has 0 aromatic rings. The van der Waals surface area contributed by atoms with Crippen LogP contribution in [0.25, 0.3) is 0 Å². The van der Waals surface area contributed by atoms with Crippen molar-refractivity contribution >= 4 is 11.8 Å². The maximum Gasteiger partial charge on any atom is 0.234 e. The van der Waals surface area contributed by atoms with Crippen molar-refractivity contribution in [2.24, 2.45) is 11.7 Å². The average molecular weight is 281 g/mol. The van der Waals surface area contributed by atoms with Crippen LogP contribution in [-0.2, 0) is 9.59 Å². The second-order valence-electron chi connectivity index (χ2n) is 6.32. The van der Waals surface area contributed by atoms with E-state index in [4.69, 9.17) is 5.73 Å². The van der Waals surface area contributed by atoms with E-state index in [0.717, 1.165) is 32.2 Å². The number of nitrogens with one attached hydrogen (secondary N) is 1. The van der Waals surface area contributed by atoms with E-state index in [1.165, 1.54) is 19.3 Å². The van der Waals surface area contributed by atoms with Crippen LogP contribution in [0.2, 0.25) is 0 Å². The van der Waals surface area contributed by atoms with Crippen molar-refractivity contribution in [1.82, 2.24) is 10.2 Å². The first kappa shape index (κ1) is 15.3. The summed E-state index contributed by atoms with van der Waals surface area (Å²) in [6.07, 6.45) is 7.57. The highest BCUT2D eigenvalue weighted by Crippen LogP contribution is 2.23. The maximum absolute atomic E-state index is 12.2. The highest BCUT2D eigenvalue weighted by molar-refractivity contribution is 5.82. The van der Waals surface area contributed by atoms with Gasteiger partial charge in [0.15, 0.2) is 0 Å². The van der Waals surface area contributed by atoms with Crippen LogP contribution in [0, 0.1) is 5.92 Å². The third kappa shape index (κ3) is 3.95. The third-order valence-corrected chi connectivity index (χ3v) is 4.75. The van der Waals surface area contributed by atoms with E-state index in [2.05, 4.69) is 12.2 Å². The molecular formula is C15H27N3O2. The molecule has 3 atom stereocenters. The first-order chi connectivity index (χ1) is 9.58. The summed E-state index contributed by atoms with van der Waals surface area (Å²) in [5, 5.41) is 3.14. The smallest absolute Gasteiger partial charge is 0.234 e. The van der Waals surface area contributed by atoms with E-state index in [1.54, 1.807) is 0 Å². The van der Waals surface area contributed by atoms with Crippen LogP contribution >= 0.6 is 0 Å². The summed E-state index contributed by atoms with van der Waals surface area (Å²) in [6, 6.07) is 0.0337. The summed E-state index contributed by atoms with van der Waals surface area (Å²) in [4.78, 5) is 25.6. The third-order valence-electron chi connectivity index (χ3n) is 4.75. The lowest BCUT2D eigenvalue weighted by molar-refractivity contribution is -0.128. The summed E-state index contributed by atoms with van der Waals surface area (Å²) in [5.41, 5.74) is 5.43. The van der Waals surface area contributed by atoms with Crippen molar-refractivity contribution in [1.29, 1.82) is 0 Å². The summed E-state index contributed by atoms with van der Waals surface area (Å²) >= 11 is 0. The SMILES string of the molecule is C[C@@H]1CCCC[C@H]1NC(=O)CN1CCCC[C@@H]1C(N)=O. The van der Waals surface area contributed by atoms with E-state index in [9.17, 15) is 9.59 Å². The molecular weight excluding hydrogens is 254 g/mol. The quantitative estimate of drug-likeness (QED) is 0.808. The van der Waals surface area contributed by atoms with Gasteiger partial charge in [-0.05, 0) is 38.1 Å². The minimum atomic E-state index is -0.302. The lowest BCUT2D eigenvalue weighted by atomic mass is 9.86. The Balaban J connectivity index is 1.84.